The minimum atomic E-state index is 0. The fraction of sp³-hybridized carbons (Fsp3) is 0.444. The van der Waals surface area contributed by atoms with Gasteiger partial charge < -0.3 is 9.73 Å². The molecule has 0 amide bonds. The summed E-state index contributed by atoms with van der Waals surface area (Å²) in [5, 5.41) is 3.27. The van der Waals surface area contributed by atoms with Crippen molar-refractivity contribution in [1.82, 2.24) is 10.3 Å². The van der Waals surface area contributed by atoms with Crippen molar-refractivity contribution >= 4 is 18.0 Å². The molecule has 1 aliphatic heterocycles. The lowest BCUT2D eigenvalue weighted by Gasteiger charge is -2.10. The van der Waals surface area contributed by atoms with Crippen LogP contribution >= 0.6 is 12.4 Å². The van der Waals surface area contributed by atoms with Gasteiger partial charge in [-0.1, -0.05) is 6.08 Å². The predicted molar refractivity (Wildman–Crippen MR) is 54.0 cm³/mol. The Labute approximate surface area is 83.6 Å². The number of hydrogen-bond donors (Lipinski definition) is 1. The lowest BCUT2D eigenvalue weighted by atomic mass is 10.1. The Morgan fingerprint density at radius 3 is 2.92 bits per heavy atom. The molecule has 0 aromatic carbocycles. The van der Waals surface area contributed by atoms with Crippen LogP contribution < -0.4 is 5.32 Å². The summed E-state index contributed by atoms with van der Waals surface area (Å²) in [5.74, 6) is 0.764. The predicted octanol–water partition coefficient (Wildman–Crippen LogP) is 1.78. The van der Waals surface area contributed by atoms with Gasteiger partial charge in [0.1, 0.15) is 6.26 Å². The molecule has 4 heteroatoms. The second-order valence-electron chi connectivity index (χ2n) is 2.99. The molecule has 0 radical (unpaired) electrons. The third kappa shape index (κ3) is 2.32. The molecule has 0 atom stereocenters. The number of oxazole rings is 1. The van der Waals surface area contributed by atoms with Gasteiger partial charge in [-0.2, -0.15) is 0 Å². The Morgan fingerprint density at radius 1 is 1.54 bits per heavy atom. The molecule has 1 N–H and O–H groups in total. The molecule has 3 nitrogen and oxygen atoms in total. The third-order valence-corrected chi connectivity index (χ3v) is 1.92. The maximum absolute atomic E-state index is 5.28. The molecule has 0 saturated carbocycles. The Morgan fingerprint density at radius 2 is 2.38 bits per heavy atom. The summed E-state index contributed by atoms with van der Waals surface area (Å²) in [5.41, 5.74) is 2.12. The van der Waals surface area contributed by atoms with E-state index in [1.54, 1.807) is 6.26 Å². The second kappa shape index (κ2) is 4.44. The van der Waals surface area contributed by atoms with Crippen molar-refractivity contribution in [3.63, 3.8) is 0 Å². The van der Waals surface area contributed by atoms with E-state index in [4.69, 9.17) is 4.42 Å². The number of nitrogens with one attached hydrogen (secondary N) is 1. The molecule has 0 aliphatic carbocycles. The molecule has 0 unspecified atom stereocenters. The van der Waals surface area contributed by atoms with Crippen LogP contribution in [0.4, 0.5) is 0 Å². The molecule has 13 heavy (non-hydrogen) atoms. The number of aryl methyl sites for hydroxylation is 1. The van der Waals surface area contributed by atoms with Crippen molar-refractivity contribution in [3.8, 4) is 0 Å². The van der Waals surface area contributed by atoms with Crippen LogP contribution in [0.5, 0.6) is 0 Å². The summed E-state index contributed by atoms with van der Waals surface area (Å²) in [4.78, 5) is 4.26. The van der Waals surface area contributed by atoms with E-state index in [-0.39, 0.29) is 12.4 Å². The fourth-order valence-electron chi connectivity index (χ4n) is 1.31. The van der Waals surface area contributed by atoms with Crippen LogP contribution in [0.2, 0.25) is 0 Å². The van der Waals surface area contributed by atoms with Crippen LogP contribution in [-0.4, -0.2) is 18.1 Å². The van der Waals surface area contributed by atoms with Crippen LogP contribution in [-0.2, 0) is 0 Å². The fourth-order valence-corrected chi connectivity index (χ4v) is 1.31. The lowest BCUT2D eigenvalue weighted by molar-refractivity contribution is 0.535. The smallest absolute Gasteiger partial charge is 0.222 e. The minimum absolute atomic E-state index is 0. The van der Waals surface area contributed by atoms with E-state index in [9.17, 15) is 0 Å². The molecule has 0 bridgehead atoms. The van der Waals surface area contributed by atoms with Gasteiger partial charge in [0.15, 0.2) is 0 Å². The number of aromatic nitrogens is 1. The van der Waals surface area contributed by atoms with Crippen molar-refractivity contribution in [2.45, 2.75) is 13.3 Å². The Bertz CT molecular complexity index is 306. The monoisotopic (exact) mass is 200 g/mol. The van der Waals surface area contributed by atoms with Gasteiger partial charge in [-0.25, -0.2) is 4.98 Å². The summed E-state index contributed by atoms with van der Waals surface area (Å²) in [6.45, 7) is 3.87. The highest BCUT2D eigenvalue weighted by molar-refractivity contribution is 5.85. The largest absolute Gasteiger partial charge is 0.445 e. The first-order chi connectivity index (χ1) is 5.86. The summed E-state index contributed by atoms with van der Waals surface area (Å²) < 4.78 is 5.28. The first-order valence-corrected chi connectivity index (χ1v) is 4.18. The molecule has 2 rings (SSSR count). The highest BCUT2D eigenvalue weighted by atomic mass is 35.5. The van der Waals surface area contributed by atoms with Crippen molar-refractivity contribution in [3.05, 3.63) is 23.9 Å². The molecule has 1 aromatic rings. The van der Waals surface area contributed by atoms with Crippen molar-refractivity contribution < 1.29 is 4.42 Å². The second-order valence-corrected chi connectivity index (χ2v) is 2.99. The zero-order valence-corrected chi connectivity index (χ0v) is 8.36. The number of nitrogens with zero attached hydrogens (tertiary/aromatic N) is 1. The van der Waals surface area contributed by atoms with E-state index in [1.165, 1.54) is 5.57 Å². The van der Waals surface area contributed by atoms with Crippen molar-refractivity contribution in [2.24, 2.45) is 0 Å². The van der Waals surface area contributed by atoms with E-state index >= 15 is 0 Å². The first-order valence-electron chi connectivity index (χ1n) is 4.18. The highest BCUT2D eigenvalue weighted by Gasteiger charge is 2.09. The zero-order chi connectivity index (χ0) is 8.39. The van der Waals surface area contributed by atoms with Gasteiger partial charge in [0.05, 0.1) is 5.69 Å². The zero-order valence-electron chi connectivity index (χ0n) is 7.54. The average Bonchev–Trinajstić information content (AvgIpc) is 2.54. The number of rotatable bonds is 1. The average molecular weight is 201 g/mol. The molecular weight excluding hydrogens is 188 g/mol. The molecular formula is C9H13ClN2O. The van der Waals surface area contributed by atoms with Crippen molar-refractivity contribution in [2.75, 3.05) is 13.1 Å². The van der Waals surface area contributed by atoms with Gasteiger partial charge in [0, 0.05) is 12.1 Å². The molecule has 0 spiro atoms. The van der Waals surface area contributed by atoms with Gasteiger partial charge in [0.25, 0.3) is 0 Å². The Hall–Kier alpha value is -0.800. The van der Waals surface area contributed by atoms with E-state index < -0.39 is 0 Å². The van der Waals surface area contributed by atoms with Crippen LogP contribution in [0.15, 0.2) is 16.8 Å². The van der Waals surface area contributed by atoms with Crippen LogP contribution in [0.25, 0.3) is 5.57 Å². The van der Waals surface area contributed by atoms with Crippen LogP contribution in [0, 0.1) is 6.92 Å². The van der Waals surface area contributed by atoms with Gasteiger partial charge >= 0.3 is 0 Å². The molecule has 72 valence electrons. The maximum atomic E-state index is 5.28. The van der Waals surface area contributed by atoms with E-state index in [0.29, 0.717) is 0 Å². The lowest BCUT2D eigenvalue weighted by Crippen LogP contribution is -2.21. The van der Waals surface area contributed by atoms with Crippen molar-refractivity contribution in [1.29, 1.82) is 0 Å². The topological polar surface area (TPSA) is 38.1 Å². The van der Waals surface area contributed by atoms with E-state index in [0.717, 1.165) is 31.1 Å². The van der Waals surface area contributed by atoms with Crippen LogP contribution in [0.1, 0.15) is 18.0 Å². The van der Waals surface area contributed by atoms with Gasteiger partial charge in [-0.3, -0.25) is 0 Å². The highest BCUT2D eigenvalue weighted by Crippen LogP contribution is 2.15. The molecule has 1 aliphatic rings. The molecule has 2 heterocycles. The third-order valence-electron chi connectivity index (χ3n) is 1.92. The number of hydrogen-bond acceptors (Lipinski definition) is 3. The van der Waals surface area contributed by atoms with Crippen LogP contribution in [0.3, 0.4) is 0 Å². The Kier molecular flexibility index (Phi) is 3.51. The quantitative estimate of drug-likeness (QED) is 0.751. The standard InChI is InChI=1S/C9H12N2O.ClH/c1-7-6-12-9(11-7)8-3-2-4-10-5-8;/h3,6,10H,2,4-5H2,1H3;1H. The molecule has 0 saturated heterocycles. The summed E-state index contributed by atoms with van der Waals surface area (Å²) in [6, 6.07) is 0. The van der Waals surface area contributed by atoms with E-state index in [2.05, 4.69) is 16.4 Å². The summed E-state index contributed by atoms with van der Waals surface area (Å²) in [7, 11) is 0. The van der Waals surface area contributed by atoms with Gasteiger partial charge in [0.2, 0.25) is 5.89 Å². The van der Waals surface area contributed by atoms with E-state index in [1.807, 2.05) is 6.92 Å². The summed E-state index contributed by atoms with van der Waals surface area (Å²) in [6.07, 6.45) is 4.93. The molecule has 1 aromatic heterocycles. The summed E-state index contributed by atoms with van der Waals surface area (Å²) >= 11 is 0. The SMILES string of the molecule is Cc1coc(C2=CCCNC2)n1.Cl. The van der Waals surface area contributed by atoms with Gasteiger partial charge in [-0.05, 0) is 19.9 Å². The first kappa shape index (κ1) is 10.3. The Balaban J connectivity index is 0.000000845. The molecule has 0 fully saturated rings. The normalized spacial score (nSPS) is 16.2. The van der Waals surface area contributed by atoms with Gasteiger partial charge in [-0.15, -0.1) is 12.4 Å². The number of halogens is 1. The maximum Gasteiger partial charge on any atom is 0.222 e. The minimum Gasteiger partial charge on any atom is -0.445 e.